The van der Waals surface area contributed by atoms with Gasteiger partial charge in [0, 0.05) is 12.1 Å². The summed E-state index contributed by atoms with van der Waals surface area (Å²) in [4.78, 5) is 14.1. The average Bonchev–Trinajstić information content (AvgIpc) is 2.54. The Morgan fingerprint density at radius 1 is 1.24 bits per heavy atom. The molecular formula is C15H13F3N4O3. The predicted molar refractivity (Wildman–Crippen MR) is 85.2 cm³/mol. The Balaban J connectivity index is 2.09. The predicted octanol–water partition coefficient (Wildman–Crippen LogP) is 3.42. The van der Waals surface area contributed by atoms with Crippen molar-refractivity contribution >= 4 is 17.3 Å². The quantitative estimate of drug-likeness (QED) is 0.371. The maximum atomic E-state index is 12.4. The van der Waals surface area contributed by atoms with Crippen molar-refractivity contribution in [3.63, 3.8) is 0 Å². The molecule has 0 aliphatic heterocycles. The average molecular weight is 354 g/mol. The molecule has 3 N–H and O–H groups in total. The van der Waals surface area contributed by atoms with Crippen LogP contribution in [-0.4, -0.2) is 17.2 Å². The number of guanidine groups is 1. The fraction of sp³-hybridized carbons (Fsp3) is 0.133. The number of halogens is 3. The molecule has 0 aliphatic carbocycles. The maximum absolute atomic E-state index is 12.4. The summed E-state index contributed by atoms with van der Waals surface area (Å²) >= 11 is 0. The highest BCUT2D eigenvalue weighted by Gasteiger charge is 2.32. The van der Waals surface area contributed by atoms with Crippen molar-refractivity contribution < 1.29 is 22.8 Å². The number of hydrogen-bond donors (Lipinski definition) is 2. The summed E-state index contributed by atoms with van der Waals surface area (Å²) in [6, 6.07) is 11.1. The molecule has 0 heterocycles. The second-order valence-electron chi connectivity index (χ2n) is 4.80. The Hall–Kier alpha value is -3.30. The van der Waals surface area contributed by atoms with Crippen LogP contribution in [0.5, 0.6) is 5.75 Å². The lowest BCUT2D eigenvalue weighted by Crippen LogP contribution is -2.24. The molecule has 0 unspecified atom stereocenters. The highest BCUT2D eigenvalue weighted by Crippen LogP contribution is 2.29. The van der Waals surface area contributed by atoms with E-state index in [0.717, 1.165) is 6.07 Å². The van der Waals surface area contributed by atoms with E-state index in [-0.39, 0.29) is 23.9 Å². The molecule has 0 aliphatic rings. The molecule has 0 fully saturated rings. The highest BCUT2D eigenvalue weighted by molar-refractivity contribution is 5.93. The number of nitrogens with two attached hydrogens (primary N) is 1. The van der Waals surface area contributed by atoms with E-state index in [1.54, 1.807) is 6.07 Å². The number of nitro groups is 1. The lowest BCUT2D eigenvalue weighted by molar-refractivity contribution is -0.384. The van der Waals surface area contributed by atoms with Crippen LogP contribution in [0.2, 0.25) is 0 Å². The van der Waals surface area contributed by atoms with Gasteiger partial charge in [-0.3, -0.25) is 10.1 Å². The van der Waals surface area contributed by atoms with Gasteiger partial charge in [0.15, 0.2) is 11.7 Å². The molecule has 0 radical (unpaired) electrons. The SMILES string of the molecule is NC(=NCc1cccc([N+](=O)[O-])c1)Nc1ccccc1OC(F)(F)F. The van der Waals surface area contributed by atoms with Gasteiger partial charge in [-0.15, -0.1) is 13.2 Å². The van der Waals surface area contributed by atoms with Crippen molar-refractivity contribution in [2.24, 2.45) is 10.7 Å². The van der Waals surface area contributed by atoms with Gasteiger partial charge in [0.25, 0.3) is 5.69 Å². The van der Waals surface area contributed by atoms with Crippen LogP contribution >= 0.6 is 0 Å². The fourth-order valence-electron chi connectivity index (χ4n) is 1.91. The van der Waals surface area contributed by atoms with Crippen molar-refractivity contribution in [3.05, 3.63) is 64.2 Å². The number of aliphatic imine (C=N–C) groups is 1. The maximum Gasteiger partial charge on any atom is 0.573 e. The van der Waals surface area contributed by atoms with Crippen LogP contribution in [0.3, 0.4) is 0 Å². The van der Waals surface area contributed by atoms with Gasteiger partial charge in [-0.2, -0.15) is 0 Å². The Bertz CT molecular complexity index is 794. The first-order chi connectivity index (χ1) is 11.7. The molecule has 132 valence electrons. The molecule has 2 aromatic carbocycles. The number of benzene rings is 2. The topological polar surface area (TPSA) is 103 Å². The van der Waals surface area contributed by atoms with Crippen molar-refractivity contribution in [2.45, 2.75) is 12.9 Å². The molecule has 7 nitrogen and oxygen atoms in total. The van der Waals surface area contributed by atoms with E-state index in [9.17, 15) is 23.3 Å². The molecule has 0 bridgehead atoms. The summed E-state index contributed by atoms with van der Waals surface area (Å²) in [5, 5.41) is 13.2. The van der Waals surface area contributed by atoms with E-state index in [0.29, 0.717) is 5.56 Å². The Labute approximate surface area is 140 Å². The third-order valence-electron chi connectivity index (χ3n) is 2.93. The Morgan fingerprint density at radius 2 is 1.96 bits per heavy atom. The molecule has 0 saturated carbocycles. The van der Waals surface area contributed by atoms with E-state index < -0.39 is 17.0 Å². The Morgan fingerprint density at radius 3 is 2.64 bits per heavy atom. The van der Waals surface area contributed by atoms with Crippen molar-refractivity contribution in [3.8, 4) is 5.75 Å². The molecule has 0 saturated heterocycles. The summed E-state index contributed by atoms with van der Waals surface area (Å²) in [5.41, 5.74) is 6.07. The van der Waals surface area contributed by atoms with E-state index >= 15 is 0 Å². The number of anilines is 1. The van der Waals surface area contributed by atoms with Gasteiger partial charge in [-0.25, -0.2) is 4.99 Å². The molecule has 2 aromatic rings. The summed E-state index contributed by atoms with van der Waals surface area (Å²) in [5.74, 6) is -0.617. The van der Waals surface area contributed by atoms with E-state index in [1.807, 2.05) is 0 Å². The number of alkyl halides is 3. The monoisotopic (exact) mass is 354 g/mol. The zero-order valence-electron chi connectivity index (χ0n) is 12.7. The first kappa shape index (κ1) is 18.0. The van der Waals surface area contributed by atoms with Crippen LogP contribution in [0.4, 0.5) is 24.5 Å². The van der Waals surface area contributed by atoms with Crippen LogP contribution in [0.1, 0.15) is 5.56 Å². The van der Waals surface area contributed by atoms with Gasteiger partial charge in [0.05, 0.1) is 17.2 Å². The normalized spacial score (nSPS) is 11.9. The number of non-ortho nitro benzene ring substituents is 1. The van der Waals surface area contributed by atoms with Crippen LogP contribution in [-0.2, 0) is 6.54 Å². The van der Waals surface area contributed by atoms with Crippen LogP contribution < -0.4 is 15.8 Å². The number of nitrogens with one attached hydrogen (secondary N) is 1. The second-order valence-corrected chi connectivity index (χ2v) is 4.80. The van der Waals surface area contributed by atoms with Crippen LogP contribution in [0.25, 0.3) is 0 Å². The van der Waals surface area contributed by atoms with Gasteiger partial charge in [-0.1, -0.05) is 24.3 Å². The zero-order valence-corrected chi connectivity index (χ0v) is 12.7. The van der Waals surface area contributed by atoms with Gasteiger partial charge in [0.1, 0.15) is 0 Å². The minimum absolute atomic E-state index is 0.0138. The molecule has 25 heavy (non-hydrogen) atoms. The number of ether oxygens (including phenoxy) is 1. The van der Waals surface area contributed by atoms with Crippen molar-refractivity contribution in [2.75, 3.05) is 5.32 Å². The Kier molecular flexibility index (Phi) is 5.42. The molecule has 0 atom stereocenters. The van der Waals surface area contributed by atoms with E-state index in [2.05, 4.69) is 15.0 Å². The largest absolute Gasteiger partial charge is 0.573 e. The van der Waals surface area contributed by atoms with Crippen LogP contribution in [0.15, 0.2) is 53.5 Å². The highest BCUT2D eigenvalue weighted by atomic mass is 19.4. The number of nitro benzene ring substituents is 1. The van der Waals surface area contributed by atoms with Crippen molar-refractivity contribution in [1.82, 2.24) is 0 Å². The molecule has 10 heteroatoms. The molecule has 2 rings (SSSR count). The minimum atomic E-state index is -4.84. The third-order valence-corrected chi connectivity index (χ3v) is 2.93. The molecular weight excluding hydrogens is 341 g/mol. The smallest absolute Gasteiger partial charge is 0.404 e. The molecule has 0 spiro atoms. The van der Waals surface area contributed by atoms with Gasteiger partial charge >= 0.3 is 6.36 Å². The summed E-state index contributed by atoms with van der Waals surface area (Å²) in [6.45, 7) is 0.0167. The van der Waals surface area contributed by atoms with Gasteiger partial charge in [-0.05, 0) is 17.7 Å². The second kappa shape index (κ2) is 7.51. The number of nitrogens with zero attached hydrogens (tertiary/aromatic N) is 2. The summed E-state index contributed by atoms with van der Waals surface area (Å²) < 4.78 is 41.0. The summed E-state index contributed by atoms with van der Waals surface area (Å²) in [7, 11) is 0. The van der Waals surface area contributed by atoms with E-state index in [1.165, 1.54) is 36.4 Å². The lowest BCUT2D eigenvalue weighted by Gasteiger charge is -2.14. The van der Waals surface area contributed by atoms with E-state index in [4.69, 9.17) is 5.73 Å². The lowest BCUT2D eigenvalue weighted by atomic mass is 10.2. The zero-order chi connectivity index (χ0) is 18.4. The molecule has 0 aromatic heterocycles. The first-order valence-electron chi connectivity index (χ1n) is 6.89. The number of para-hydroxylation sites is 2. The standard InChI is InChI=1S/C15H13F3N4O3/c16-15(17,18)25-13-7-2-1-6-12(13)21-14(19)20-9-10-4-3-5-11(8-10)22(23)24/h1-8H,9H2,(H3,19,20,21). The number of hydrogen-bond acceptors (Lipinski definition) is 4. The summed E-state index contributed by atoms with van der Waals surface area (Å²) in [6.07, 6.45) is -4.84. The third kappa shape index (κ3) is 5.68. The number of rotatable bonds is 5. The minimum Gasteiger partial charge on any atom is -0.404 e. The molecule has 0 amide bonds. The van der Waals surface area contributed by atoms with Crippen molar-refractivity contribution in [1.29, 1.82) is 0 Å². The van der Waals surface area contributed by atoms with Crippen LogP contribution in [0, 0.1) is 10.1 Å². The van der Waals surface area contributed by atoms with Gasteiger partial charge < -0.3 is 15.8 Å². The first-order valence-corrected chi connectivity index (χ1v) is 6.89. The fourth-order valence-corrected chi connectivity index (χ4v) is 1.91. The van der Waals surface area contributed by atoms with Gasteiger partial charge in [0.2, 0.25) is 0 Å².